The molecule has 0 N–H and O–H groups in total. The predicted molar refractivity (Wildman–Crippen MR) is 125 cm³/mol. The van der Waals surface area contributed by atoms with Crippen LogP contribution in [0.2, 0.25) is 5.02 Å². The Kier molecular flexibility index (Phi) is 5.82. The lowest BCUT2D eigenvalue weighted by Crippen LogP contribution is -2.33. The molecule has 33 heavy (non-hydrogen) atoms. The average molecular weight is 482 g/mol. The van der Waals surface area contributed by atoms with Crippen molar-refractivity contribution in [2.24, 2.45) is 12.1 Å². The Morgan fingerprint density at radius 3 is 2.58 bits per heavy atom. The van der Waals surface area contributed by atoms with E-state index in [1.54, 1.807) is 18.6 Å². The molecule has 1 aliphatic heterocycles. The minimum Gasteiger partial charge on any atom is -0.467 e. The van der Waals surface area contributed by atoms with Crippen molar-refractivity contribution in [3.63, 3.8) is 0 Å². The monoisotopic (exact) mass is 481 g/mol. The number of amides is 1. The first kappa shape index (κ1) is 21.5. The van der Waals surface area contributed by atoms with Crippen LogP contribution >= 0.6 is 23.4 Å². The SMILES string of the molecule is C[C@H](Sc1nnc(-c2ccco2)n1C)C(=O)N1N=C(c2ccc(Cl)cc2)C[C@@H]1c1ccco1. The van der Waals surface area contributed by atoms with Gasteiger partial charge in [-0.15, -0.1) is 10.2 Å². The number of benzene rings is 1. The maximum absolute atomic E-state index is 13.5. The van der Waals surface area contributed by atoms with E-state index in [9.17, 15) is 4.79 Å². The van der Waals surface area contributed by atoms with Gasteiger partial charge in [-0.3, -0.25) is 4.79 Å². The van der Waals surface area contributed by atoms with Crippen molar-refractivity contribution in [1.29, 1.82) is 0 Å². The Morgan fingerprint density at radius 2 is 1.88 bits per heavy atom. The Hall–Kier alpha value is -3.30. The van der Waals surface area contributed by atoms with Crippen LogP contribution in [-0.2, 0) is 11.8 Å². The van der Waals surface area contributed by atoms with Gasteiger partial charge in [0.15, 0.2) is 16.7 Å². The quantitative estimate of drug-likeness (QED) is 0.352. The number of aromatic nitrogens is 3. The number of hydrazone groups is 1. The number of hydrogen-bond acceptors (Lipinski definition) is 7. The fourth-order valence-corrected chi connectivity index (χ4v) is 4.65. The second-order valence-electron chi connectivity index (χ2n) is 7.57. The molecular weight excluding hydrogens is 462 g/mol. The zero-order valence-electron chi connectivity index (χ0n) is 17.9. The van der Waals surface area contributed by atoms with Crippen LogP contribution in [-0.4, -0.2) is 36.6 Å². The summed E-state index contributed by atoms with van der Waals surface area (Å²) in [6, 6.07) is 14.4. The van der Waals surface area contributed by atoms with Crippen molar-refractivity contribution >= 4 is 35.0 Å². The standard InChI is InChI=1S/C23H20ClN5O3S/c1-14(33-23-26-25-21(28(23)2)20-6-4-12-32-20)22(30)29-18(19-5-3-11-31-19)13-17(27-29)15-7-9-16(24)10-8-15/h3-12,14,18H,13H2,1-2H3/t14-,18+/m0/s1. The Morgan fingerprint density at radius 1 is 1.12 bits per heavy atom. The Labute approximate surface area is 199 Å². The van der Waals surface area contributed by atoms with Crippen LogP contribution in [0.15, 0.2) is 80.1 Å². The van der Waals surface area contributed by atoms with E-state index in [0.29, 0.717) is 33.9 Å². The van der Waals surface area contributed by atoms with Gasteiger partial charge in [0.05, 0.1) is 23.5 Å². The molecule has 4 heterocycles. The van der Waals surface area contributed by atoms with E-state index >= 15 is 0 Å². The summed E-state index contributed by atoms with van der Waals surface area (Å²) in [7, 11) is 1.84. The minimum atomic E-state index is -0.455. The largest absolute Gasteiger partial charge is 0.467 e. The number of furan rings is 2. The van der Waals surface area contributed by atoms with Crippen molar-refractivity contribution in [3.8, 4) is 11.6 Å². The van der Waals surface area contributed by atoms with Crippen LogP contribution in [0.1, 0.15) is 30.7 Å². The molecule has 0 fully saturated rings. The number of nitrogens with zero attached hydrogens (tertiary/aromatic N) is 5. The van der Waals surface area contributed by atoms with Gasteiger partial charge < -0.3 is 13.4 Å². The fourth-order valence-electron chi connectivity index (χ4n) is 3.67. The van der Waals surface area contributed by atoms with Gasteiger partial charge in [-0.05, 0) is 48.9 Å². The molecule has 1 amide bonds. The van der Waals surface area contributed by atoms with E-state index in [2.05, 4.69) is 15.3 Å². The van der Waals surface area contributed by atoms with E-state index in [0.717, 1.165) is 11.3 Å². The van der Waals surface area contributed by atoms with Gasteiger partial charge in [0.1, 0.15) is 11.8 Å². The Balaban J connectivity index is 1.39. The topological polar surface area (TPSA) is 89.7 Å². The molecule has 168 valence electrons. The number of halogens is 1. The molecule has 1 aliphatic rings. The lowest BCUT2D eigenvalue weighted by molar-refractivity contribution is -0.132. The fraction of sp³-hybridized carbons (Fsp3) is 0.217. The van der Waals surface area contributed by atoms with Gasteiger partial charge in [-0.1, -0.05) is 35.5 Å². The highest BCUT2D eigenvalue weighted by Crippen LogP contribution is 2.36. The van der Waals surface area contributed by atoms with Gasteiger partial charge in [-0.25, -0.2) is 5.01 Å². The van der Waals surface area contributed by atoms with Crippen molar-refractivity contribution in [2.75, 3.05) is 0 Å². The van der Waals surface area contributed by atoms with Crippen LogP contribution in [0.25, 0.3) is 11.6 Å². The predicted octanol–water partition coefficient (Wildman–Crippen LogP) is 5.18. The lowest BCUT2D eigenvalue weighted by atomic mass is 10.0. The molecule has 0 bridgehead atoms. The molecule has 10 heteroatoms. The first-order chi connectivity index (χ1) is 16.0. The third-order valence-corrected chi connectivity index (χ3v) is 6.77. The lowest BCUT2D eigenvalue weighted by Gasteiger charge is -2.22. The van der Waals surface area contributed by atoms with Crippen LogP contribution in [0.3, 0.4) is 0 Å². The number of hydrogen-bond donors (Lipinski definition) is 0. The molecule has 1 aromatic carbocycles. The molecule has 8 nitrogen and oxygen atoms in total. The summed E-state index contributed by atoms with van der Waals surface area (Å²) >= 11 is 7.35. The van der Waals surface area contributed by atoms with Crippen molar-refractivity contribution < 1.29 is 13.6 Å². The van der Waals surface area contributed by atoms with Gasteiger partial charge >= 0.3 is 0 Å². The summed E-state index contributed by atoms with van der Waals surface area (Å²) in [6.07, 6.45) is 3.73. The van der Waals surface area contributed by atoms with Crippen molar-refractivity contribution in [3.05, 3.63) is 77.4 Å². The molecule has 5 rings (SSSR count). The Bertz CT molecular complexity index is 1280. The highest BCUT2D eigenvalue weighted by atomic mass is 35.5. The number of thioether (sulfide) groups is 1. The van der Waals surface area contributed by atoms with Crippen molar-refractivity contribution in [1.82, 2.24) is 19.8 Å². The van der Waals surface area contributed by atoms with Crippen LogP contribution < -0.4 is 0 Å². The van der Waals surface area contributed by atoms with Gasteiger partial charge in [0.25, 0.3) is 5.91 Å². The van der Waals surface area contributed by atoms with Gasteiger partial charge in [0.2, 0.25) is 0 Å². The summed E-state index contributed by atoms with van der Waals surface area (Å²) in [5, 5.41) is 15.4. The second kappa shape index (κ2) is 8.92. The third-order valence-electron chi connectivity index (χ3n) is 5.39. The van der Waals surface area contributed by atoms with Crippen LogP contribution in [0.5, 0.6) is 0 Å². The minimum absolute atomic E-state index is 0.145. The summed E-state index contributed by atoms with van der Waals surface area (Å²) in [4.78, 5) is 13.5. The summed E-state index contributed by atoms with van der Waals surface area (Å²) in [6.45, 7) is 1.84. The first-order valence-electron chi connectivity index (χ1n) is 10.3. The maximum atomic E-state index is 13.5. The van der Waals surface area contributed by atoms with Crippen molar-refractivity contribution in [2.45, 2.75) is 29.8 Å². The number of rotatable bonds is 6. The van der Waals surface area contributed by atoms with E-state index in [4.69, 9.17) is 20.4 Å². The average Bonchev–Trinajstić information content (AvgIpc) is 3.61. The molecule has 0 aliphatic carbocycles. The molecule has 0 spiro atoms. The second-order valence-corrected chi connectivity index (χ2v) is 9.32. The molecule has 4 aromatic rings. The van der Waals surface area contributed by atoms with Gasteiger partial charge in [-0.2, -0.15) is 5.10 Å². The molecule has 0 saturated carbocycles. The molecule has 0 unspecified atom stereocenters. The zero-order valence-corrected chi connectivity index (χ0v) is 19.5. The normalized spacial score (nSPS) is 16.8. The maximum Gasteiger partial charge on any atom is 0.256 e. The molecular formula is C23H20ClN5O3S. The highest BCUT2D eigenvalue weighted by Gasteiger charge is 2.37. The summed E-state index contributed by atoms with van der Waals surface area (Å²) in [5.41, 5.74) is 1.72. The first-order valence-corrected chi connectivity index (χ1v) is 11.6. The number of carbonyl (C=O) groups excluding carboxylic acids is 1. The van der Waals surface area contributed by atoms with E-state index in [1.807, 2.05) is 61.0 Å². The van der Waals surface area contributed by atoms with E-state index in [-0.39, 0.29) is 11.9 Å². The molecule has 3 aromatic heterocycles. The molecule has 2 atom stereocenters. The summed E-state index contributed by atoms with van der Waals surface area (Å²) < 4.78 is 12.9. The smallest absolute Gasteiger partial charge is 0.256 e. The summed E-state index contributed by atoms with van der Waals surface area (Å²) in [5.74, 6) is 1.75. The molecule has 0 saturated heterocycles. The van der Waals surface area contributed by atoms with E-state index < -0.39 is 5.25 Å². The molecule has 0 radical (unpaired) electrons. The van der Waals surface area contributed by atoms with E-state index in [1.165, 1.54) is 16.8 Å². The van der Waals surface area contributed by atoms with Crippen LogP contribution in [0, 0.1) is 0 Å². The third kappa shape index (κ3) is 4.21. The zero-order chi connectivity index (χ0) is 22.9. The highest BCUT2D eigenvalue weighted by molar-refractivity contribution is 8.00. The van der Waals surface area contributed by atoms with Crippen LogP contribution in [0.4, 0.5) is 0 Å². The number of carbonyl (C=O) groups is 1. The van der Waals surface area contributed by atoms with Gasteiger partial charge in [0, 0.05) is 18.5 Å².